The van der Waals surface area contributed by atoms with Gasteiger partial charge in [0, 0.05) is 26.2 Å². The SMILES string of the molecule is O=C(CN1CCNCC1)NC(=O)NCC(F)(F)F. The van der Waals surface area contributed by atoms with E-state index in [9.17, 15) is 22.8 Å². The molecule has 0 aromatic rings. The van der Waals surface area contributed by atoms with E-state index in [1.54, 1.807) is 5.32 Å². The van der Waals surface area contributed by atoms with Gasteiger partial charge < -0.3 is 10.6 Å². The zero-order valence-corrected chi connectivity index (χ0v) is 9.64. The van der Waals surface area contributed by atoms with Crippen LogP contribution in [0.4, 0.5) is 18.0 Å². The third kappa shape index (κ3) is 6.40. The molecule has 3 amide bonds. The van der Waals surface area contributed by atoms with Gasteiger partial charge >= 0.3 is 12.2 Å². The number of hydrogen-bond acceptors (Lipinski definition) is 4. The molecule has 0 aromatic heterocycles. The van der Waals surface area contributed by atoms with E-state index in [0.29, 0.717) is 13.1 Å². The molecule has 0 radical (unpaired) electrons. The molecule has 1 heterocycles. The zero-order chi connectivity index (χ0) is 13.6. The van der Waals surface area contributed by atoms with E-state index in [1.165, 1.54) is 0 Å². The summed E-state index contributed by atoms with van der Waals surface area (Å²) in [5.41, 5.74) is 0. The predicted molar refractivity (Wildman–Crippen MR) is 56.9 cm³/mol. The van der Waals surface area contributed by atoms with Crippen molar-refractivity contribution in [3.63, 3.8) is 0 Å². The van der Waals surface area contributed by atoms with Gasteiger partial charge in [0.1, 0.15) is 6.54 Å². The van der Waals surface area contributed by atoms with Crippen molar-refractivity contribution >= 4 is 11.9 Å². The summed E-state index contributed by atoms with van der Waals surface area (Å²) in [6.45, 7) is 1.36. The Hall–Kier alpha value is -1.35. The van der Waals surface area contributed by atoms with Crippen molar-refractivity contribution in [3.05, 3.63) is 0 Å². The maximum absolute atomic E-state index is 11.8. The number of alkyl halides is 3. The van der Waals surface area contributed by atoms with Gasteiger partial charge in [-0.2, -0.15) is 13.2 Å². The van der Waals surface area contributed by atoms with Crippen LogP contribution in [0.5, 0.6) is 0 Å². The molecular weight excluding hydrogens is 253 g/mol. The van der Waals surface area contributed by atoms with Gasteiger partial charge in [-0.25, -0.2) is 4.79 Å². The first kappa shape index (κ1) is 14.7. The van der Waals surface area contributed by atoms with Crippen molar-refractivity contribution < 1.29 is 22.8 Å². The summed E-state index contributed by atoms with van der Waals surface area (Å²) in [6, 6.07) is -1.13. The molecule has 0 saturated carbocycles. The maximum atomic E-state index is 11.8. The van der Waals surface area contributed by atoms with Gasteiger partial charge in [-0.1, -0.05) is 0 Å². The van der Waals surface area contributed by atoms with Crippen LogP contribution >= 0.6 is 0 Å². The van der Waals surface area contributed by atoms with Crippen molar-refractivity contribution in [2.75, 3.05) is 39.3 Å². The monoisotopic (exact) mass is 268 g/mol. The van der Waals surface area contributed by atoms with E-state index in [-0.39, 0.29) is 6.54 Å². The minimum absolute atomic E-state index is 0.00111. The molecule has 0 unspecified atom stereocenters. The van der Waals surface area contributed by atoms with E-state index < -0.39 is 24.7 Å². The first-order chi connectivity index (χ1) is 8.37. The number of imide groups is 1. The third-order valence-electron chi connectivity index (χ3n) is 2.28. The fourth-order valence-corrected chi connectivity index (χ4v) is 1.46. The van der Waals surface area contributed by atoms with Crippen molar-refractivity contribution in [1.29, 1.82) is 0 Å². The minimum Gasteiger partial charge on any atom is -0.329 e. The Kier molecular flexibility index (Phi) is 5.35. The summed E-state index contributed by atoms with van der Waals surface area (Å²) < 4.78 is 35.4. The molecule has 9 heteroatoms. The number of urea groups is 1. The smallest absolute Gasteiger partial charge is 0.329 e. The second-order valence-corrected chi connectivity index (χ2v) is 3.87. The number of amides is 3. The largest absolute Gasteiger partial charge is 0.405 e. The van der Waals surface area contributed by atoms with E-state index in [0.717, 1.165) is 13.1 Å². The van der Waals surface area contributed by atoms with Crippen LogP contribution in [0.2, 0.25) is 0 Å². The highest BCUT2D eigenvalue weighted by Gasteiger charge is 2.28. The summed E-state index contributed by atoms with van der Waals surface area (Å²) in [6.07, 6.45) is -4.49. The molecule has 1 saturated heterocycles. The number of nitrogens with zero attached hydrogens (tertiary/aromatic N) is 1. The molecule has 6 nitrogen and oxygen atoms in total. The molecular formula is C9H15F3N4O2. The van der Waals surface area contributed by atoms with E-state index in [4.69, 9.17) is 0 Å². The van der Waals surface area contributed by atoms with Crippen LogP contribution in [0.1, 0.15) is 0 Å². The Morgan fingerprint density at radius 3 is 2.39 bits per heavy atom. The second-order valence-electron chi connectivity index (χ2n) is 3.87. The van der Waals surface area contributed by atoms with Gasteiger partial charge in [0.15, 0.2) is 0 Å². The second kappa shape index (κ2) is 6.55. The Morgan fingerprint density at radius 1 is 1.22 bits per heavy atom. The van der Waals surface area contributed by atoms with Gasteiger partial charge in [0.2, 0.25) is 5.91 Å². The van der Waals surface area contributed by atoms with Gasteiger partial charge in [-0.15, -0.1) is 0 Å². The molecule has 3 N–H and O–H groups in total. The number of piperazine rings is 1. The van der Waals surface area contributed by atoms with Crippen LogP contribution in [0.3, 0.4) is 0 Å². The normalized spacial score (nSPS) is 17.3. The quantitative estimate of drug-likeness (QED) is 0.631. The van der Waals surface area contributed by atoms with Crippen LogP contribution in [0, 0.1) is 0 Å². The van der Waals surface area contributed by atoms with E-state index in [2.05, 4.69) is 5.32 Å². The molecule has 18 heavy (non-hydrogen) atoms. The van der Waals surface area contributed by atoms with Gasteiger partial charge in [-0.3, -0.25) is 15.0 Å². The molecule has 0 bridgehead atoms. The average molecular weight is 268 g/mol. The first-order valence-corrected chi connectivity index (χ1v) is 5.44. The maximum Gasteiger partial charge on any atom is 0.405 e. The Balaban J connectivity index is 2.20. The summed E-state index contributed by atoms with van der Waals surface area (Å²) in [5.74, 6) is -0.614. The van der Waals surface area contributed by atoms with Crippen LogP contribution in [-0.4, -0.2) is 62.3 Å². The Bertz CT molecular complexity index is 303. The Labute approximate surface area is 102 Å². The lowest BCUT2D eigenvalue weighted by Gasteiger charge is -2.26. The van der Waals surface area contributed by atoms with Gasteiger partial charge in [-0.05, 0) is 0 Å². The van der Waals surface area contributed by atoms with Gasteiger partial charge in [0.05, 0.1) is 6.54 Å². The molecule has 0 spiro atoms. The van der Waals surface area contributed by atoms with Crippen LogP contribution in [-0.2, 0) is 4.79 Å². The molecule has 1 rings (SSSR count). The highest BCUT2D eigenvalue weighted by Crippen LogP contribution is 2.11. The molecule has 0 aliphatic carbocycles. The highest BCUT2D eigenvalue weighted by molar-refractivity contribution is 5.95. The summed E-state index contributed by atoms with van der Waals surface area (Å²) in [4.78, 5) is 24.1. The number of rotatable bonds is 3. The Morgan fingerprint density at radius 2 is 1.83 bits per heavy atom. The highest BCUT2D eigenvalue weighted by atomic mass is 19.4. The predicted octanol–water partition coefficient (Wildman–Crippen LogP) is -0.720. The summed E-state index contributed by atoms with van der Waals surface area (Å²) >= 11 is 0. The number of halogens is 3. The number of carbonyl (C=O) groups excluding carboxylic acids is 2. The van der Waals surface area contributed by atoms with Crippen LogP contribution < -0.4 is 16.0 Å². The van der Waals surface area contributed by atoms with Crippen LogP contribution in [0.15, 0.2) is 0 Å². The standard InChI is InChI=1S/C9H15F3N4O2/c10-9(11,12)6-14-8(18)15-7(17)5-16-3-1-13-2-4-16/h13H,1-6H2,(H2,14,15,17,18). The lowest BCUT2D eigenvalue weighted by atomic mass is 10.3. The fraction of sp³-hybridized carbons (Fsp3) is 0.778. The zero-order valence-electron chi connectivity index (χ0n) is 9.64. The molecule has 0 aromatic carbocycles. The molecule has 104 valence electrons. The summed E-state index contributed by atoms with van der Waals surface area (Å²) in [7, 11) is 0. The molecule has 1 aliphatic rings. The van der Waals surface area contributed by atoms with Crippen molar-refractivity contribution in [2.45, 2.75) is 6.18 Å². The van der Waals surface area contributed by atoms with Crippen molar-refractivity contribution in [2.24, 2.45) is 0 Å². The lowest BCUT2D eigenvalue weighted by molar-refractivity contribution is -0.125. The lowest BCUT2D eigenvalue weighted by Crippen LogP contribution is -2.50. The van der Waals surface area contributed by atoms with Gasteiger partial charge in [0.25, 0.3) is 0 Å². The topological polar surface area (TPSA) is 73.5 Å². The number of hydrogen-bond donors (Lipinski definition) is 3. The minimum atomic E-state index is -4.49. The molecule has 1 aliphatic heterocycles. The van der Waals surface area contributed by atoms with E-state index >= 15 is 0 Å². The number of nitrogens with one attached hydrogen (secondary N) is 3. The fourth-order valence-electron chi connectivity index (χ4n) is 1.46. The van der Waals surface area contributed by atoms with E-state index in [1.807, 2.05) is 10.2 Å². The average Bonchev–Trinajstić information content (AvgIpc) is 2.26. The molecule has 1 fully saturated rings. The van der Waals surface area contributed by atoms with Crippen LogP contribution in [0.25, 0.3) is 0 Å². The van der Waals surface area contributed by atoms with Crippen molar-refractivity contribution in [1.82, 2.24) is 20.9 Å². The summed E-state index contributed by atoms with van der Waals surface area (Å²) in [5, 5.41) is 6.50. The van der Waals surface area contributed by atoms with Crippen molar-refractivity contribution in [3.8, 4) is 0 Å². The third-order valence-corrected chi connectivity index (χ3v) is 2.28. The number of carbonyl (C=O) groups is 2. The first-order valence-electron chi connectivity index (χ1n) is 5.44. The molecule has 0 atom stereocenters.